The van der Waals surface area contributed by atoms with Gasteiger partial charge in [0.05, 0.1) is 4.88 Å². The van der Waals surface area contributed by atoms with Gasteiger partial charge in [-0.05, 0) is 35.2 Å². The van der Waals surface area contributed by atoms with Gasteiger partial charge in [0.25, 0.3) is 5.91 Å². The van der Waals surface area contributed by atoms with Crippen molar-refractivity contribution in [3.05, 3.63) is 52.5 Å². The fourth-order valence-electron chi connectivity index (χ4n) is 1.42. The molecule has 0 aliphatic rings. The zero-order valence-corrected chi connectivity index (χ0v) is 10.6. The number of thiophene rings is 1. The van der Waals surface area contributed by atoms with Crippen LogP contribution in [0.25, 0.3) is 6.08 Å². The number of pyridine rings is 1. The maximum atomic E-state index is 12.0. The van der Waals surface area contributed by atoms with E-state index in [0.717, 1.165) is 6.08 Å². The lowest BCUT2D eigenvalue weighted by Crippen LogP contribution is -2.11. The summed E-state index contributed by atoms with van der Waals surface area (Å²) in [5.74, 6) is -1.32. The number of amides is 1. The van der Waals surface area contributed by atoms with E-state index < -0.39 is 5.97 Å². The van der Waals surface area contributed by atoms with Gasteiger partial charge in [0.15, 0.2) is 0 Å². The van der Waals surface area contributed by atoms with Crippen molar-refractivity contribution in [2.24, 2.45) is 0 Å². The monoisotopic (exact) mass is 274 g/mol. The second-order valence-corrected chi connectivity index (χ2v) is 4.48. The number of carboxylic acids is 1. The maximum absolute atomic E-state index is 12.0. The van der Waals surface area contributed by atoms with Crippen LogP contribution >= 0.6 is 11.3 Å². The zero-order chi connectivity index (χ0) is 13.7. The number of rotatable bonds is 4. The fraction of sp³-hybridized carbons (Fsp3) is 0. The molecule has 0 fully saturated rings. The van der Waals surface area contributed by atoms with E-state index in [1.807, 2.05) is 0 Å². The molecule has 0 aliphatic heterocycles. The molecule has 19 heavy (non-hydrogen) atoms. The van der Waals surface area contributed by atoms with Gasteiger partial charge in [0.1, 0.15) is 0 Å². The Hall–Kier alpha value is -2.47. The number of aromatic nitrogens is 1. The van der Waals surface area contributed by atoms with Crippen LogP contribution < -0.4 is 5.32 Å². The Morgan fingerprint density at radius 2 is 2.00 bits per heavy atom. The summed E-state index contributed by atoms with van der Waals surface area (Å²) in [6, 6.07) is 5.06. The van der Waals surface area contributed by atoms with Gasteiger partial charge in [-0.1, -0.05) is 0 Å². The number of hydrogen-bond acceptors (Lipinski definition) is 4. The molecule has 0 bridgehead atoms. The SMILES string of the molecule is O=C(O)C=Cc1ccsc1C(=O)Nc1ccncc1. The van der Waals surface area contributed by atoms with Crippen molar-refractivity contribution in [3.63, 3.8) is 0 Å². The third kappa shape index (κ3) is 3.49. The number of nitrogens with zero attached hydrogens (tertiary/aromatic N) is 1. The molecule has 2 aromatic heterocycles. The third-order valence-corrected chi connectivity index (χ3v) is 3.17. The average Bonchev–Trinajstić information content (AvgIpc) is 2.86. The van der Waals surface area contributed by atoms with Crippen LogP contribution in [0.1, 0.15) is 15.2 Å². The Morgan fingerprint density at radius 3 is 2.68 bits per heavy atom. The second-order valence-electron chi connectivity index (χ2n) is 3.57. The smallest absolute Gasteiger partial charge is 0.328 e. The third-order valence-electron chi connectivity index (χ3n) is 2.25. The molecule has 6 heteroatoms. The van der Waals surface area contributed by atoms with Crippen molar-refractivity contribution >= 4 is 35.0 Å². The highest BCUT2D eigenvalue weighted by molar-refractivity contribution is 7.12. The second kappa shape index (κ2) is 5.92. The number of anilines is 1. The van der Waals surface area contributed by atoms with Crippen LogP contribution in [0.4, 0.5) is 5.69 Å². The first-order chi connectivity index (χ1) is 9.16. The van der Waals surface area contributed by atoms with E-state index in [2.05, 4.69) is 10.3 Å². The molecule has 2 rings (SSSR count). The largest absolute Gasteiger partial charge is 0.478 e. The fourth-order valence-corrected chi connectivity index (χ4v) is 2.20. The molecule has 0 saturated heterocycles. The number of carboxylic acid groups (broad SMARTS) is 1. The molecule has 0 saturated carbocycles. The van der Waals surface area contributed by atoms with E-state index in [4.69, 9.17) is 5.11 Å². The topological polar surface area (TPSA) is 79.3 Å². The molecular formula is C13H10N2O3S. The lowest BCUT2D eigenvalue weighted by atomic mass is 10.2. The van der Waals surface area contributed by atoms with Crippen molar-refractivity contribution < 1.29 is 14.7 Å². The molecule has 1 amide bonds. The first kappa shape index (κ1) is 13.0. The van der Waals surface area contributed by atoms with Crippen molar-refractivity contribution in [2.75, 3.05) is 5.32 Å². The quantitative estimate of drug-likeness (QED) is 0.839. The summed E-state index contributed by atoms with van der Waals surface area (Å²) >= 11 is 1.26. The maximum Gasteiger partial charge on any atom is 0.328 e. The van der Waals surface area contributed by atoms with E-state index >= 15 is 0 Å². The van der Waals surface area contributed by atoms with E-state index in [1.165, 1.54) is 17.4 Å². The van der Waals surface area contributed by atoms with Crippen molar-refractivity contribution in [2.45, 2.75) is 0 Å². The number of aliphatic carboxylic acids is 1. The van der Waals surface area contributed by atoms with Gasteiger partial charge in [-0.3, -0.25) is 9.78 Å². The standard InChI is InChI=1S/C13H10N2O3S/c16-11(17)2-1-9-5-8-19-12(9)13(18)15-10-3-6-14-7-4-10/h1-8H,(H,16,17)(H,14,15,18). The zero-order valence-electron chi connectivity index (χ0n) is 9.74. The van der Waals surface area contributed by atoms with E-state index in [9.17, 15) is 9.59 Å². The Bertz CT molecular complexity index is 620. The van der Waals surface area contributed by atoms with Gasteiger partial charge in [0.2, 0.25) is 0 Å². The highest BCUT2D eigenvalue weighted by Gasteiger charge is 2.11. The van der Waals surface area contributed by atoms with Crippen LogP contribution in [-0.2, 0) is 4.79 Å². The Balaban J connectivity index is 2.16. The number of hydrogen-bond donors (Lipinski definition) is 2. The normalized spacial score (nSPS) is 10.5. The van der Waals surface area contributed by atoms with Crippen LogP contribution in [0.5, 0.6) is 0 Å². The van der Waals surface area contributed by atoms with Crippen LogP contribution in [0.2, 0.25) is 0 Å². The summed E-state index contributed by atoms with van der Waals surface area (Å²) in [7, 11) is 0. The molecule has 2 N–H and O–H groups in total. The highest BCUT2D eigenvalue weighted by Crippen LogP contribution is 2.20. The highest BCUT2D eigenvalue weighted by atomic mass is 32.1. The molecule has 0 aromatic carbocycles. The van der Waals surface area contributed by atoms with Crippen molar-refractivity contribution in [3.8, 4) is 0 Å². The molecule has 0 unspecified atom stereocenters. The summed E-state index contributed by atoms with van der Waals surface area (Å²) in [6.45, 7) is 0. The average molecular weight is 274 g/mol. The van der Waals surface area contributed by atoms with Crippen molar-refractivity contribution in [1.82, 2.24) is 4.98 Å². The minimum absolute atomic E-state index is 0.272. The van der Waals surface area contributed by atoms with Crippen LogP contribution in [0.3, 0.4) is 0 Å². The van der Waals surface area contributed by atoms with Gasteiger partial charge < -0.3 is 10.4 Å². The predicted molar refractivity (Wildman–Crippen MR) is 73.2 cm³/mol. The molecule has 2 heterocycles. The summed E-state index contributed by atoms with van der Waals surface area (Å²) in [5.41, 5.74) is 1.22. The van der Waals surface area contributed by atoms with Gasteiger partial charge in [0, 0.05) is 24.2 Å². The molecule has 0 radical (unpaired) electrons. The Kier molecular flexibility index (Phi) is 4.04. The lowest BCUT2D eigenvalue weighted by molar-refractivity contribution is -0.131. The Labute approximate surface area is 113 Å². The Morgan fingerprint density at radius 1 is 1.26 bits per heavy atom. The first-order valence-corrected chi connectivity index (χ1v) is 6.24. The number of carbonyl (C=O) groups excluding carboxylic acids is 1. The lowest BCUT2D eigenvalue weighted by Gasteiger charge is -2.03. The van der Waals surface area contributed by atoms with E-state index in [0.29, 0.717) is 16.1 Å². The molecule has 0 spiro atoms. The number of carbonyl (C=O) groups is 2. The van der Waals surface area contributed by atoms with E-state index in [1.54, 1.807) is 36.0 Å². The van der Waals surface area contributed by atoms with Crippen LogP contribution in [0, 0.1) is 0 Å². The van der Waals surface area contributed by atoms with Crippen LogP contribution in [-0.4, -0.2) is 22.0 Å². The first-order valence-electron chi connectivity index (χ1n) is 5.36. The summed E-state index contributed by atoms with van der Waals surface area (Å²) in [6.07, 6.45) is 5.57. The van der Waals surface area contributed by atoms with E-state index in [-0.39, 0.29) is 5.91 Å². The molecule has 96 valence electrons. The van der Waals surface area contributed by atoms with Gasteiger partial charge in [-0.25, -0.2) is 4.79 Å². The molecular weight excluding hydrogens is 264 g/mol. The predicted octanol–water partition coefficient (Wildman–Crippen LogP) is 2.49. The summed E-state index contributed by atoms with van der Waals surface area (Å²) in [4.78, 5) is 26.8. The minimum Gasteiger partial charge on any atom is -0.478 e. The van der Waals surface area contributed by atoms with Crippen molar-refractivity contribution in [1.29, 1.82) is 0 Å². The van der Waals surface area contributed by atoms with Gasteiger partial charge in [-0.15, -0.1) is 11.3 Å². The summed E-state index contributed by atoms with van der Waals surface area (Å²) in [5, 5.41) is 13.0. The minimum atomic E-state index is -1.05. The van der Waals surface area contributed by atoms with Gasteiger partial charge >= 0.3 is 5.97 Å². The van der Waals surface area contributed by atoms with Gasteiger partial charge in [-0.2, -0.15) is 0 Å². The molecule has 2 aromatic rings. The molecule has 5 nitrogen and oxygen atoms in total. The number of nitrogens with one attached hydrogen (secondary N) is 1. The molecule has 0 aliphatic carbocycles. The summed E-state index contributed by atoms with van der Waals surface area (Å²) < 4.78 is 0. The van der Waals surface area contributed by atoms with Crippen LogP contribution in [0.15, 0.2) is 42.0 Å². The molecule has 0 atom stereocenters.